The van der Waals surface area contributed by atoms with Gasteiger partial charge >= 0.3 is 12.0 Å². The lowest BCUT2D eigenvalue weighted by Gasteiger charge is -2.35. The SMILES string of the molecule is Cc1ccc(NC(=O)N2CCN(C(=O)[C@@H]3[C@H](C(=O)O)C3(C)C)CC2)cc1. The van der Waals surface area contributed by atoms with Crippen LogP contribution in [0, 0.1) is 24.2 Å². The molecule has 2 N–H and O–H groups in total. The van der Waals surface area contributed by atoms with Crippen molar-refractivity contribution < 1.29 is 19.5 Å². The molecule has 3 rings (SSSR count). The van der Waals surface area contributed by atoms with E-state index in [1.807, 2.05) is 45.0 Å². The molecule has 1 aromatic rings. The van der Waals surface area contributed by atoms with Gasteiger partial charge in [0.2, 0.25) is 5.91 Å². The highest BCUT2D eigenvalue weighted by Crippen LogP contribution is 2.59. The number of hydrogen-bond acceptors (Lipinski definition) is 3. The third-order valence-corrected chi connectivity index (χ3v) is 5.54. The molecule has 1 aliphatic carbocycles. The molecule has 1 saturated heterocycles. The van der Waals surface area contributed by atoms with Crippen LogP contribution in [0.25, 0.3) is 0 Å². The van der Waals surface area contributed by atoms with Crippen LogP contribution in [0.3, 0.4) is 0 Å². The second-order valence-corrected chi connectivity index (χ2v) is 7.72. The fourth-order valence-corrected chi connectivity index (χ4v) is 3.73. The maximum Gasteiger partial charge on any atom is 0.321 e. The molecule has 0 radical (unpaired) electrons. The highest BCUT2D eigenvalue weighted by Gasteiger charge is 2.66. The Morgan fingerprint density at radius 2 is 1.54 bits per heavy atom. The van der Waals surface area contributed by atoms with Gasteiger partial charge < -0.3 is 20.2 Å². The molecule has 1 heterocycles. The van der Waals surface area contributed by atoms with E-state index in [0.29, 0.717) is 26.2 Å². The number of hydrogen-bond donors (Lipinski definition) is 2. The lowest BCUT2D eigenvalue weighted by molar-refractivity contribution is -0.142. The predicted octanol–water partition coefficient (Wildman–Crippen LogP) is 2.03. The number of benzene rings is 1. The smallest absolute Gasteiger partial charge is 0.321 e. The molecule has 0 spiro atoms. The highest BCUT2D eigenvalue weighted by atomic mass is 16.4. The number of nitrogens with zero attached hydrogens (tertiary/aromatic N) is 2. The summed E-state index contributed by atoms with van der Waals surface area (Å²) in [4.78, 5) is 39.6. The van der Waals surface area contributed by atoms with Crippen molar-refractivity contribution in [2.45, 2.75) is 20.8 Å². The Labute approximate surface area is 153 Å². The summed E-state index contributed by atoms with van der Waals surface area (Å²) >= 11 is 0. The molecule has 7 heteroatoms. The van der Waals surface area contributed by atoms with Gasteiger partial charge in [0.1, 0.15) is 0 Å². The van der Waals surface area contributed by atoms with Gasteiger partial charge in [0.05, 0.1) is 11.8 Å². The molecule has 2 aliphatic rings. The van der Waals surface area contributed by atoms with Gasteiger partial charge in [0.25, 0.3) is 0 Å². The number of urea groups is 1. The third kappa shape index (κ3) is 3.38. The Balaban J connectivity index is 1.53. The molecule has 0 bridgehead atoms. The third-order valence-electron chi connectivity index (χ3n) is 5.54. The van der Waals surface area contributed by atoms with E-state index in [2.05, 4.69) is 5.32 Å². The second-order valence-electron chi connectivity index (χ2n) is 7.72. The Kier molecular flexibility index (Phi) is 4.64. The Morgan fingerprint density at radius 3 is 2.04 bits per heavy atom. The molecule has 26 heavy (non-hydrogen) atoms. The first-order chi connectivity index (χ1) is 12.2. The molecule has 140 valence electrons. The van der Waals surface area contributed by atoms with Crippen LogP contribution >= 0.6 is 0 Å². The number of carbonyl (C=O) groups is 3. The number of aliphatic carboxylic acids is 1. The quantitative estimate of drug-likeness (QED) is 0.864. The molecule has 0 unspecified atom stereocenters. The van der Waals surface area contributed by atoms with Gasteiger partial charge in [-0.2, -0.15) is 0 Å². The van der Waals surface area contributed by atoms with E-state index in [9.17, 15) is 19.5 Å². The topological polar surface area (TPSA) is 90.0 Å². The molecule has 1 aliphatic heterocycles. The standard InChI is InChI=1S/C19H25N3O4/c1-12-4-6-13(7-5-12)20-18(26)22-10-8-21(9-11-22)16(23)14-15(17(24)25)19(14,2)3/h4-7,14-15H,8-11H2,1-3H3,(H,20,26)(H,24,25)/t14-,15+/m0/s1. The van der Waals surface area contributed by atoms with E-state index in [1.54, 1.807) is 9.80 Å². The minimum Gasteiger partial charge on any atom is -0.481 e. The van der Waals surface area contributed by atoms with E-state index in [0.717, 1.165) is 11.3 Å². The summed E-state index contributed by atoms with van der Waals surface area (Å²) in [6, 6.07) is 7.39. The zero-order chi connectivity index (χ0) is 19.1. The van der Waals surface area contributed by atoms with Crippen LogP contribution in [-0.2, 0) is 9.59 Å². The summed E-state index contributed by atoms with van der Waals surface area (Å²) < 4.78 is 0. The average Bonchev–Trinajstić information content (AvgIpc) is 3.19. The van der Waals surface area contributed by atoms with Gasteiger partial charge in [-0.05, 0) is 24.5 Å². The van der Waals surface area contributed by atoms with Crippen molar-refractivity contribution in [1.82, 2.24) is 9.80 Å². The van der Waals surface area contributed by atoms with Crippen molar-refractivity contribution in [2.75, 3.05) is 31.5 Å². The van der Waals surface area contributed by atoms with Crippen LogP contribution in [0.4, 0.5) is 10.5 Å². The zero-order valence-corrected chi connectivity index (χ0v) is 15.4. The number of carboxylic acids is 1. The predicted molar refractivity (Wildman–Crippen MR) is 96.7 cm³/mol. The maximum absolute atomic E-state index is 12.6. The van der Waals surface area contributed by atoms with Gasteiger partial charge in [-0.15, -0.1) is 0 Å². The van der Waals surface area contributed by atoms with E-state index >= 15 is 0 Å². The Morgan fingerprint density at radius 1 is 1.00 bits per heavy atom. The summed E-state index contributed by atoms with van der Waals surface area (Å²) in [5.74, 6) is -2.10. The van der Waals surface area contributed by atoms with Crippen molar-refractivity contribution >= 4 is 23.6 Å². The molecular weight excluding hydrogens is 334 g/mol. The van der Waals surface area contributed by atoms with E-state index in [4.69, 9.17) is 0 Å². The molecule has 1 saturated carbocycles. The van der Waals surface area contributed by atoms with E-state index in [1.165, 1.54) is 0 Å². The summed E-state index contributed by atoms with van der Waals surface area (Å²) in [5.41, 5.74) is 1.36. The van der Waals surface area contributed by atoms with E-state index < -0.39 is 23.2 Å². The van der Waals surface area contributed by atoms with Gasteiger partial charge in [0, 0.05) is 31.9 Å². The first-order valence-corrected chi connectivity index (χ1v) is 8.86. The number of aryl methyl sites for hydroxylation is 1. The van der Waals surface area contributed by atoms with Crippen molar-refractivity contribution in [2.24, 2.45) is 17.3 Å². The zero-order valence-electron chi connectivity index (χ0n) is 15.4. The van der Waals surface area contributed by atoms with Crippen LogP contribution < -0.4 is 5.32 Å². The number of amides is 3. The number of anilines is 1. The molecule has 2 fully saturated rings. The fraction of sp³-hybridized carbons (Fsp3) is 0.526. The number of carbonyl (C=O) groups excluding carboxylic acids is 2. The second kappa shape index (κ2) is 6.63. The monoisotopic (exact) mass is 359 g/mol. The minimum absolute atomic E-state index is 0.110. The summed E-state index contributed by atoms with van der Waals surface area (Å²) in [6.45, 7) is 7.36. The van der Waals surface area contributed by atoms with E-state index in [-0.39, 0.29) is 11.9 Å². The lowest BCUT2D eigenvalue weighted by atomic mass is 10.1. The molecule has 7 nitrogen and oxygen atoms in total. The summed E-state index contributed by atoms with van der Waals surface area (Å²) in [5, 5.41) is 12.1. The fourth-order valence-electron chi connectivity index (χ4n) is 3.73. The van der Waals surface area contributed by atoms with Crippen molar-refractivity contribution in [1.29, 1.82) is 0 Å². The molecule has 3 amide bonds. The Hall–Kier alpha value is -2.57. The van der Waals surface area contributed by atoms with Crippen LogP contribution in [0.1, 0.15) is 19.4 Å². The number of nitrogens with one attached hydrogen (secondary N) is 1. The first-order valence-electron chi connectivity index (χ1n) is 8.86. The van der Waals surface area contributed by atoms with Gasteiger partial charge in [-0.25, -0.2) is 4.79 Å². The van der Waals surface area contributed by atoms with Crippen molar-refractivity contribution in [3.63, 3.8) is 0 Å². The van der Waals surface area contributed by atoms with Crippen LogP contribution in [-0.4, -0.2) is 59.0 Å². The molecule has 0 aromatic heterocycles. The average molecular weight is 359 g/mol. The van der Waals surface area contributed by atoms with Crippen LogP contribution in [0.15, 0.2) is 24.3 Å². The number of piperazine rings is 1. The van der Waals surface area contributed by atoms with Crippen LogP contribution in [0.5, 0.6) is 0 Å². The first kappa shape index (κ1) is 18.2. The van der Waals surface area contributed by atoms with Gasteiger partial charge in [0.15, 0.2) is 0 Å². The lowest BCUT2D eigenvalue weighted by Crippen LogP contribution is -2.52. The number of rotatable bonds is 3. The summed E-state index contributed by atoms with van der Waals surface area (Å²) in [6.07, 6.45) is 0. The van der Waals surface area contributed by atoms with Crippen LogP contribution in [0.2, 0.25) is 0 Å². The normalized spacial score (nSPS) is 24.1. The number of carboxylic acid groups (broad SMARTS) is 1. The summed E-state index contributed by atoms with van der Waals surface area (Å²) in [7, 11) is 0. The molecule has 2 atom stereocenters. The molecule has 1 aromatic carbocycles. The van der Waals surface area contributed by atoms with Gasteiger partial charge in [-0.3, -0.25) is 9.59 Å². The van der Waals surface area contributed by atoms with Crippen molar-refractivity contribution in [3.8, 4) is 0 Å². The maximum atomic E-state index is 12.6. The van der Waals surface area contributed by atoms with Gasteiger partial charge in [-0.1, -0.05) is 31.5 Å². The van der Waals surface area contributed by atoms with Crippen molar-refractivity contribution in [3.05, 3.63) is 29.8 Å². The highest BCUT2D eigenvalue weighted by molar-refractivity contribution is 5.92. The minimum atomic E-state index is -0.913. The largest absolute Gasteiger partial charge is 0.481 e. The Bertz CT molecular complexity index is 721. The molecular formula is C19H25N3O4.